The fraction of sp³-hybridized carbons (Fsp3) is 0.500. The van der Waals surface area contributed by atoms with Crippen LogP contribution in [-0.2, 0) is 10.5 Å². The van der Waals surface area contributed by atoms with Gasteiger partial charge in [-0.05, 0) is 24.0 Å². The van der Waals surface area contributed by atoms with Crippen molar-refractivity contribution in [2.45, 2.75) is 12.7 Å². The standard InChI is InChI=1S/C14H20N2OS/c1-12(17)15-7-9-16(10-8-15)14-5-3-13(4-6-14)11-18-2/h3-6H,7-11H2,1-2H3. The molecule has 4 heteroatoms. The van der Waals surface area contributed by atoms with Gasteiger partial charge in [0.15, 0.2) is 0 Å². The first kappa shape index (κ1) is 13.3. The minimum absolute atomic E-state index is 0.185. The second kappa shape index (κ2) is 6.14. The van der Waals surface area contributed by atoms with E-state index in [2.05, 4.69) is 35.4 Å². The molecule has 1 aliphatic heterocycles. The maximum atomic E-state index is 11.3. The minimum Gasteiger partial charge on any atom is -0.368 e. The Morgan fingerprint density at radius 1 is 1.17 bits per heavy atom. The number of rotatable bonds is 3. The van der Waals surface area contributed by atoms with E-state index in [-0.39, 0.29) is 5.91 Å². The summed E-state index contributed by atoms with van der Waals surface area (Å²) >= 11 is 1.84. The van der Waals surface area contributed by atoms with Crippen LogP contribution in [0, 0.1) is 0 Å². The van der Waals surface area contributed by atoms with E-state index in [4.69, 9.17) is 0 Å². The average molecular weight is 264 g/mol. The van der Waals surface area contributed by atoms with Crippen molar-refractivity contribution in [3.05, 3.63) is 29.8 Å². The number of hydrogen-bond acceptors (Lipinski definition) is 3. The Morgan fingerprint density at radius 3 is 2.28 bits per heavy atom. The van der Waals surface area contributed by atoms with Crippen molar-refractivity contribution < 1.29 is 4.79 Å². The molecule has 18 heavy (non-hydrogen) atoms. The quantitative estimate of drug-likeness (QED) is 0.836. The van der Waals surface area contributed by atoms with Gasteiger partial charge in [-0.15, -0.1) is 0 Å². The summed E-state index contributed by atoms with van der Waals surface area (Å²) in [5.41, 5.74) is 2.64. The van der Waals surface area contributed by atoms with Gasteiger partial charge in [-0.2, -0.15) is 11.8 Å². The molecule has 1 saturated heterocycles. The molecule has 1 aromatic carbocycles. The van der Waals surface area contributed by atoms with Crippen LogP contribution >= 0.6 is 11.8 Å². The molecule has 0 radical (unpaired) electrons. The Labute approximate surface area is 113 Å². The molecule has 0 saturated carbocycles. The van der Waals surface area contributed by atoms with Crippen molar-refractivity contribution in [1.82, 2.24) is 4.90 Å². The normalized spacial score (nSPS) is 15.9. The summed E-state index contributed by atoms with van der Waals surface area (Å²) in [5, 5.41) is 0. The number of carbonyl (C=O) groups is 1. The predicted molar refractivity (Wildman–Crippen MR) is 78.1 cm³/mol. The first-order valence-electron chi connectivity index (χ1n) is 6.29. The van der Waals surface area contributed by atoms with Gasteiger partial charge in [0, 0.05) is 44.5 Å². The highest BCUT2D eigenvalue weighted by atomic mass is 32.2. The number of hydrogen-bond donors (Lipinski definition) is 0. The smallest absolute Gasteiger partial charge is 0.219 e. The first-order chi connectivity index (χ1) is 8.70. The van der Waals surface area contributed by atoms with Gasteiger partial charge in [0.2, 0.25) is 5.91 Å². The number of piperazine rings is 1. The lowest BCUT2D eigenvalue weighted by molar-refractivity contribution is -0.129. The van der Waals surface area contributed by atoms with Crippen LogP contribution in [0.1, 0.15) is 12.5 Å². The zero-order valence-electron chi connectivity index (χ0n) is 11.1. The van der Waals surface area contributed by atoms with E-state index in [1.54, 1.807) is 6.92 Å². The van der Waals surface area contributed by atoms with Crippen molar-refractivity contribution in [2.24, 2.45) is 0 Å². The highest BCUT2D eigenvalue weighted by molar-refractivity contribution is 7.97. The summed E-state index contributed by atoms with van der Waals surface area (Å²) in [5.74, 6) is 1.25. The number of thioether (sulfide) groups is 1. The molecule has 0 aromatic heterocycles. The number of nitrogens with zero attached hydrogens (tertiary/aromatic N) is 2. The molecule has 1 fully saturated rings. The van der Waals surface area contributed by atoms with Crippen molar-refractivity contribution in [2.75, 3.05) is 37.3 Å². The molecule has 0 aliphatic carbocycles. The fourth-order valence-electron chi connectivity index (χ4n) is 2.25. The van der Waals surface area contributed by atoms with Gasteiger partial charge < -0.3 is 9.80 Å². The summed E-state index contributed by atoms with van der Waals surface area (Å²) in [6, 6.07) is 8.77. The van der Waals surface area contributed by atoms with Crippen LogP contribution < -0.4 is 4.90 Å². The molecule has 0 atom stereocenters. The number of anilines is 1. The maximum absolute atomic E-state index is 11.3. The molecular weight excluding hydrogens is 244 g/mol. The number of carbonyl (C=O) groups excluding carboxylic acids is 1. The van der Waals surface area contributed by atoms with Gasteiger partial charge in [0.1, 0.15) is 0 Å². The predicted octanol–water partition coefficient (Wildman–Crippen LogP) is 2.22. The van der Waals surface area contributed by atoms with Crippen LogP contribution in [0.2, 0.25) is 0 Å². The Balaban J connectivity index is 1.95. The third-order valence-electron chi connectivity index (χ3n) is 3.34. The zero-order valence-corrected chi connectivity index (χ0v) is 11.9. The Hall–Kier alpha value is -1.16. The summed E-state index contributed by atoms with van der Waals surface area (Å²) < 4.78 is 0. The highest BCUT2D eigenvalue weighted by Gasteiger charge is 2.18. The lowest BCUT2D eigenvalue weighted by Crippen LogP contribution is -2.48. The third-order valence-corrected chi connectivity index (χ3v) is 3.96. The van der Waals surface area contributed by atoms with E-state index in [0.29, 0.717) is 0 Å². The van der Waals surface area contributed by atoms with Crippen molar-refractivity contribution >= 4 is 23.4 Å². The number of benzene rings is 1. The molecular formula is C14H20N2OS. The summed E-state index contributed by atoms with van der Waals surface area (Å²) in [6.07, 6.45) is 2.12. The topological polar surface area (TPSA) is 23.6 Å². The van der Waals surface area contributed by atoms with Crippen molar-refractivity contribution in [1.29, 1.82) is 0 Å². The van der Waals surface area contributed by atoms with Gasteiger partial charge in [0.05, 0.1) is 0 Å². The van der Waals surface area contributed by atoms with E-state index in [1.807, 2.05) is 16.7 Å². The van der Waals surface area contributed by atoms with Crippen LogP contribution in [0.5, 0.6) is 0 Å². The second-order valence-electron chi connectivity index (χ2n) is 4.59. The van der Waals surface area contributed by atoms with Crippen LogP contribution in [-0.4, -0.2) is 43.2 Å². The first-order valence-corrected chi connectivity index (χ1v) is 7.68. The van der Waals surface area contributed by atoms with E-state index >= 15 is 0 Å². The van der Waals surface area contributed by atoms with Crippen LogP contribution in [0.3, 0.4) is 0 Å². The summed E-state index contributed by atoms with van der Waals surface area (Å²) in [6.45, 7) is 5.18. The highest BCUT2D eigenvalue weighted by Crippen LogP contribution is 2.19. The largest absolute Gasteiger partial charge is 0.368 e. The Bertz CT molecular complexity index is 397. The number of amides is 1. The summed E-state index contributed by atoms with van der Waals surface area (Å²) in [7, 11) is 0. The van der Waals surface area contributed by atoms with Crippen molar-refractivity contribution in [3.63, 3.8) is 0 Å². The molecule has 1 aromatic rings. The molecule has 0 unspecified atom stereocenters. The third kappa shape index (κ3) is 3.19. The monoisotopic (exact) mass is 264 g/mol. The van der Waals surface area contributed by atoms with Crippen LogP contribution in [0.4, 0.5) is 5.69 Å². The lowest BCUT2D eigenvalue weighted by atomic mass is 10.2. The Kier molecular flexibility index (Phi) is 4.53. The van der Waals surface area contributed by atoms with E-state index in [9.17, 15) is 4.79 Å². The molecule has 3 nitrogen and oxygen atoms in total. The molecule has 0 bridgehead atoms. The van der Waals surface area contributed by atoms with E-state index in [0.717, 1.165) is 31.9 Å². The molecule has 1 heterocycles. The van der Waals surface area contributed by atoms with Crippen LogP contribution in [0.25, 0.3) is 0 Å². The molecule has 1 amide bonds. The maximum Gasteiger partial charge on any atom is 0.219 e. The molecule has 0 spiro atoms. The van der Waals surface area contributed by atoms with Gasteiger partial charge in [0.25, 0.3) is 0 Å². The molecule has 0 N–H and O–H groups in total. The van der Waals surface area contributed by atoms with E-state index < -0.39 is 0 Å². The molecule has 1 aliphatic rings. The molecule has 2 rings (SSSR count). The molecule has 98 valence electrons. The van der Waals surface area contributed by atoms with E-state index in [1.165, 1.54) is 11.3 Å². The SMILES string of the molecule is CSCc1ccc(N2CCN(C(C)=O)CC2)cc1. The van der Waals surface area contributed by atoms with Gasteiger partial charge in [-0.1, -0.05) is 12.1 Å². The van der Waals surface area contributed by atoms with Crippen LogP contribution in [0.15, 0.2) is 24.3 Å². The average Bonchev–Trinajstić information content (AvgIpc) is 2.40. The zero-order chi connectivity index (χ0) is 13.0. The Morgan fingerprint density at radius 2 is 1.78 bits per heavy atom. The second-order valence-corrected chi connectivity index (χ2v) is 5.46. The lowest BCUT2D eigenvalue weighted by Gasteiger charge is -2.35. The summed E-state index contributed by atoms with van der Waals surface area (Å²) in [4.78, 5) is 15.5. The van der Waals surface area contributed by atoms with Gasteiger partial charge in [-0.3, -0.25) is 4.79 Å². The van der Waals surface area contributed by atoms with Gasteiger partial charge >= 0.3 is 0 Å². The fourth-order valence-corrected chi connectivity index (χ4v) is 2.77. The van der Waals surface area contributed by atoms with Gasteiger partial charge in [-0.25, -0.2) is 0 Å². The minimum atomic E-state index is 0.185. The van der Waals surface area contributed by atoms with Crippen molar-refractivity contribution in [3.8, 4) is 0 Å².